The average Bonchev–Trinajstić information content (AvgIpc) is 2.46. The number of phenolic OH excluding ortho intramolecular Hbond substituents is 1. The van der Waals surface area contributed by atoms with E-state index < -0.39 is 10.0 Å². The first-order valence-electron chi connectivity index (χ1n) is 8.38. The van der Waals surface area contributed by atoms with Gasteiger partial charge in [-0.25, -0.2) is 8.42 Å². The van der Waals surface area contributed by atoms with Crippen LogP contribution in [-0.4, -0.2) is 13.5 Å². The molecule has 0 saturated carbocycles. The summed E-state index contributed by atoms with van der Waals surface area (Å²) in [7, 11) is -3.76. The maximum atomic E-state index is 12.7. The standard InChI is InChI=1S/C20H26ClNO3S/c1-19(2,3)16-11-14(12-17(18(16)23)20(4,5)6)22-26(24,25)15-9-7-13(21)8-10-15/h7-12,22-23H,1-6H3. The highest BCUT2D eigenvalue weighted by atomic mass is 35.5. The summed E-state index contributed by atoms with van der Waals surface area (Å²) in [6.45, 7) is 11.9. The highest BCUT2D eigenvalue weighted by Gasteiger charge is 2.27. The molecule has 0 aliphatic carbocycles. The minimum absolute atomic E-state index is 0.129. The summed E-state index contributed by atoms with van der Waals surface area (Å²) < 4.78 is 28.0. The topological polar surface area (TPSA) is 66.4 Å². The van der Waals surface area contributed by atoms with Crippen LogP contribution in [0.4, 0.5) is 5.69 Å². The van der Waals surface area contributed by atoms with Crippen LogP contribution in [0.3, 0.4) is 0 Å². The van der Waals surface area contributed by atoms with Gasteiger partial charge in [0.2, 0.25) is 0 Å². The van der Waals surface area contributed by atoms with Crippen LogP contribution in [0.2, 0.25) is 5.02 Å². The van der Waals surface area contributed by atoms with Gasteiger partial charge in [0.05, 0.1) is 4.90 Å². The maximum absolute atomic E-state index is 12.7. The largest absolute Gasteiger partial charge is 0.507 e. The van der Waals surface area contributed by atoms with Gasteiger partial charge in [0.25, 0.3) is 10.0 Å². The van der Waals surface area contributed by atoms with E-state index >= 15 is 0 Å². The molecule has 142 valence electrons. The molecule has 0 radical (unpaired) electrons. The molecule has 0 atom stereocenters. The Morgan fingerprint density at radius 3 is 1.69 bits per heavy atom. The Kier molecular flexibility index (Phi) is 5.37. The number of hydrogen-bond donors (Lipinski definition) is 2. The van der Waals surface area contributed by atoms with E-state index in [2.05, 4.69) is 4.72 Å². The van der Waals surface area contributed by atoms with E-state index in [1.807, 2.05) is 41.5 Å². The molecule has 0 saturated heterocycles. The normalized spacial score (nSPS) is 12.9. The van der Waals surface area contributed by atoms with E-state index in [1.54, 1.807) is 12.1 Å². The van der Waals surface area contributed by atoms with Gasteiger partial charge in [0, 0.05) is 21.8 Å². The molecule has 0 amide bonds. The summed E-state index contributed by atoms with van der Waals surface area (Å²) in [5.41, 5.74) is 1.13. The van der Waals surface area contributed by atoms with Crippen molar-refractivity contribution in [3.05, 3.63) is 52.5 Å². The molecule has 0 bridgehead atoms. The number of nitrogens with one attached hydrogen (secondary N) is 1. The van der Waals surface area contributed by atoms with Gasteiger partial charge in [-0.3, -0.25) is 4.72 Å². The molecule has 2 aromatic rings. The van der Waals surface area contributed by atoms with E-state index in [-0.39, 0.29) is 21.5 Å². The third-order valence-electron chi connectivity index (χ3n) is 4.10. The Balaban J connectivity index is 2.57. The molecule has 0 aromatic heterocycles. The molecular weight excluding hydrogens is 370 g/mol. The lowest BCUT2D eigenvalue weighted by Gasteiger charge is -2.28. The number of phenols is 1. The van der Waals surface area contributed by atoms with Crippen molar-refractivity contribution in [1.29, 1.82) is 0 Å². The summed E-state index contributed by atoms with van der Waals surface area (Å²) in [6.07, 6.45) is 0. The zero-order valence-electron chi connectivity index (χ0n) is 16.0. The minimum atomic E-state index is -3.76. The fraction of sp³-hybridized carbons (Fsp3) is 0.400. The number of sulfonamides is 1. The lowest BCUT2D eigenvalue weighted by molar-refractivity contribution is 0.423. The molecule has 2 aromatic carbocycles. The smallest absolute Gasteiger partial charge is 0.261 e. The van der Waals surface area contributed by atoms with Crippen LogP contribution in [0.15, 0.2) is 41.3 Å². The summed E-state index contributed by atoms with van der Waals surface area (Å²) in [4.78, 5) is 0.129. The first-order valence-corrected chi connectivity index (χ1v) is 10.2. The summed E-state index contributed by atoms with van der Waals surface area (Å²) in [5.74, 6) is 0.208. The molecule has 6 heteroatoms. The third kappa shape index (κ3) is 4.51. The number of benzene rings is 2. The fourth-order valence-corrected chi connectivity index (χ4v) is 3.83. The van der Waals surface area contributed by atoms with Crippen molar-refractivity contribution in [3.63, 3.8) is 0 Å². The van der Waals surface area contributed by atoms with Crippen molar-refractivity contribution >= 4 is 27.3 Å². The van der Waals surface area contributed by atoms with Gasteiger partial charge in [-0.15, -0.1) is 0 Å². The first-order chi connectivity index (χ1) is 11.7. The summed E-state index contributed by atoms with van der Waals surface area (Å²) in [5, 5.41) is 11.2. The Morgan fingerprint density at radius 2 is 1.31 bits per heavy atom. The molecule has 0 spiro atoms. The van der Waals surface area contributed by atoms with Crippen molar-refractivity contribution in [2.75, 3.05) is 4.72 Å². The molecule has 0 heterocycles. The van der Waals surface area contributed by atoms with Gasteiger partial charge >= 0.3 is 0 Å². The van der Waals surface area contributed by atoms with Crippen molar-refractivity contribution in [2.45, 2.75) is 57.3 Å². The lowest BCUT2D eigenvalue weighted by Crippen LogP contribution is -2.19. The number of halogens is 1. The molecule has 0 aliphatic heterocycles. The molecule has 0 fully saturated rings. The molecular formula is C20H26ClNO3S. The van der Waals surface area contributed by atoms with E-state index in [1.165, 1.54) is 24.3 Å². The van der Waals surface area contributed by atoms with Crippen LogP contribution >= 0.6 is 11.6 Å². The van der Waals surface area contributed by atoms with Crippen LogP contribution in [-0.2, 0) is 20.9 Å². The molecule has 4 nitrogen and oxygen atoms in total. The van der Waals surface area contributed by atoms with Crippen LogP contribution in [0.1, 0.15) is 52.7 Å². The maximum Gasteiger partial charge on any atom is 0.261 e. The Labute approximate surface area is 161 Å². The highest BCUT2D eigenvalue weighted by Crippen LogP contribution is 2.41. The minimum Gasteiger partial charge on any atom is -0.507 e. The number of hydrogen-bond acceptors (Lipinski definition) is 3. The Bertz CT molecular complexity index is 871. The van der Waals surface area contributed by atoms with Gasteiger partial charge in [-0.2, -0.15) is 0 Å². The number of aromatic hydroxyl groups is 1. The SMILES string of the molecule is CC(C)(C)c1cc(NS(=O)(=O)c2ccc(Cl)cc2)cc(C(C)(C)C)c1O. The van der Waals surface area contributed by atoms with Crippen LogP contribution < -0.4 is 4.72 Å². The average molecular weight is 396 g/mol. The zero-order chi connectivity index (χ0) is 19.9. The van der Waals surface area contributed by atoms with E-state index in [9.17, 15) is 13.5 Å². The van der Waals surface area contributed by atoms with Crippen molar-refractivity contribution in [2.24, 2.45) is 0 Å². The van der Waals surface area contributed by atoms with Crippen LogP contribution in [0.5, 0.6) is 5.75 Å². The second-order valence-electron chi connectivity index (χ2n) is 8.48. The molecule has 0 unspecified atom stereocenters. The first kappa shape index (κ1) is 20.6. The number of rotatable bonds is 3. The zero-order valence-corrected chi connectivity index (χ0v) is 17.6. The Hall–Kier alpha value is -1.72. The molecule has 2 N–H and O–H groups in total. The van der Waals surface area contributed by atoms with Gasteiger partial charge < -0.3 is 5.11 Å². The van der Waals surface area contributed by atoms with Crippen LogP contribution in [0.25, 0.3) is 0 Å². The van der Waals surface area contributed by atoms with E-state index in [0.29, 0.717) is 21.8 Å². The predicted molar refractivity (Wildman–Crippen MR) is 108 cm³/mol. The third-order valence-corrected chi connectivity index (χ3v) is 5.75. The fourth-order valence-electron chi connectivity index (χ4n) is 2.66. The van der Waals surface area contributed by atoms with Gasteiger partial charge in [0.15, 0.2) is 0 Å². The number of anilines is 1. The van der Waals surface area contributed by atoms with Crippen LogP contribution in [0, 0.1) is 0 Å². The summed E-state index contributed by atoms with van der Waals surface area (Å²) in [6, 6.07) is 9.37. The Morgan fingerprint density at radius 1 is 0.885 bits per heavy atom. The second-order valence-corrected chi connectivity index (χ2v) is 10.6. The second kappa shape index (κ2) is 6.78. The van der Waals surface area contributed by atoms with E-state index in [0.717, 1.165) is 0 Å². The summed E-state index contributed by atoms with van der Waals surface area (Å²) >= 11 is 5.84. The molecule has 0 aliphatic rings. The predicted octanol–water partition coefficient (Wildman–Crippen LogP) is 5.44. The van der Waals surface area contributed by atoms with E-state index in [4.69, 9.17) is 11.6 Å². The quantitative estimate of drug-likeness (QED) is 0.680. The lowest BCUT2D eigenvalue weighted by atomic mass is 9.79. The van der Waals surface area contributed by atoms with Crippen molar-refractivity contribution in [1.82, 2.24) is 0 Å². The highest BCUT2D eigenvalue weighted by molar-refractivity contribution is 7.92. The monoisotopic (exact) mass is 395 g/mol. The van der Waals surface area contributed by atoms with Gasteiger partial charge in [-0.1, -0.05) is 53.1 Å². The van der Waals surface area contributed by atoms with Gasteiger partial charge in [-0.05, 0) is 47.2 Å². The molecule has 26 heavy (non-hydrogen) atoms. The van der Waals surface area contributed by atoms with Crippen molar-refractivity contribution < 1.29 is 13.5 Å². The van der Waals surface area contributed by atoms with Gasteiger partial charge in [0.1, 0.15) is 5.75 Å². The van der Waals surface area contributed by atoms with Crippen molar-refractivity contribution in [3.8, 4) is 5.75 Å². The molecule has 2 rings (SSSR count).